The van der Waals surface area contributed by atoms with Crippen molar-refractivity contribution in [1.29, 1.82) is 0 Å². The summed E-state index contributed by atoms with van der Waals surface area (Å²) in [5.74, 6) is 0.945. The molecule has 1 nitrogen and oxygen atoms in total. The largest absolute Gasteiger partial charge is 0.392 e. The van der Waals surface area contributed by atoms with Gasteiger partial charge in [0.05, 0.1) is 6.10 Å². The molecular weight excluding hydrogens is 204 g/mol. The number of hydrogen-bond acceptors (Lipinski definition) is 2. The Kier molecular flexibility index (Phi) is 5.51. The molecule has 1 rings (SSSR count). The lowest BCUT2D eigenvalue weighted by Crippen LogP contribution is -2.15. The lowest BCUT2D eigenvalue weighted by Gasteiger charge is -2.12. The van der Waals surface area contributed by atoms with Gasteiger partial charge in [0.2, 0.25) is 0 Å². The molecule has 15 heavy (non-hydrogen) atoms. The molecule has 0 heterocycles. The van der Waals surface area contributed by atoms with Crippen LogP contribution in [-0.2, 0) is 0 Å². The van der Waals surface area contributed by atoms with Gasteiger partial charge in [0.15, 0.2) is 0 Å². The Balaban J connectivity index is 2.29. The topological polar surface area (TPSA) is 20.2 Å². The van der Waals surface area contributed by atoms with Gasteiger partial charge in [-0.25, -0.2) is 0 Å². The molecule has 0 amide bonds. The van der Waals surface area contributed by atoms with Crippen LogP contribution in [0.3, 0.4) is 0 Å². The van der Waals surface area contributed by atoms with E-state index in [-0.39, 0.29) is 6.10 Å². The third kappa shape index (κ3) is 5.05. The van der Waals surface area contributed by atoms with E-state index in [4.69, 9.17) is 0 Å². The van der Waals surface area contributed by atoms with Gasteiger partial charge in [0, 0.05) is 11.0 Å². The number of hydrogen-bond donors (Lipinski definition) is 1. The van der Waals surface area contributed by atoms with E-state index in [1.165, 1.54) is 5.56 Å². The summed E-state index contributed by atoms with van der Waals surface area (Å²) in [5, 5.41) is 9.59. The minimum atomic E-state index is -0.236. The van der Waals surface area contributed by atoms with Gasteiger partial charge in [-0.15, -0.1) is 0 Å². The fourth-order valence-corrected chi connectivity index (χ4v) is 1.88. The zero-order valence-electron chi connectivity index (χ0n) is 9.26. The minimum absolute atomic E-state index is 0.236. The zero-order valence-corrected chi connectivity index (χ0v) is 10.1. The van der Waals surface area contributed by atoms with Gasteiger partial charge in [0.1, 0.15) is 0 Å². The molecule has 0 fully saturated rings. The second kappa shape index (κ2) is 6.70. The quantitative estimate of drug-likeness (QED) is 0.825. The van der Waals surface area contributed by atoms with Crippen molar-refractivity contribution in [1.82, 2.24) is 0 Å². The molecule has 82 valence electrons. The molecule has 1 N–H and O–H groups in total. The van der Waals surface area contributed by atoms with Crippen molar-refractivity contribution in [2.75, 3.05) is 5.75 Å². The molecule has 2 unspecified atom stereocenters. The van der Waals surface area contributed by atoms with Crippen molar-refractivity contribution in [2.45, 2.75) is 25.2 Å². The molecular formula is C13H18OS. The standard InChI is InChI=1S/C13H18OS/c1-11(14)12(2)15-10-6-9-13-7-4-3-5-8-13/h3-9,11-12,14H,10H2,1-2H3/b9-6+. The highest BCUT2D eigenvalue weighted by Gasteiger charge is 2.06. The fourth-order valence-electron chi connectivity index (χ4n) is 1.09. The molecule has 2 atom stereocenters. The number of benzene rings is 1. The molecule has 1 aromatic rings. The van der Waals surface area contributed by atoms with E-state index in [9.17, 15) is 5.11 Å². The Morgan fingerprint density at radius 1 is 1.27 bits per heavy atom. The van der Waals surface area contributed by atoms with Gasteiger partial charge in [-0.1, -0.05) is 49.4 Å². The SMILES string of the molecule is CC(O)C(C)SC/C=C/c1ccccc1. The van der Waals surface area contributed by atoms with Gasteiger partial charge in [-0.2, -0.15) is 11.8 Å². The van der Waals surface area contributed by atoms with E-state index in [1.807, 2.05) is 32.0 Å². The number of thioether (sulfide) groups is 1. The van der Waals surface area contributed by atoms with Crippen molar-refractivity contribution in [3.63, 3.8) is 0 Å². The lowest BCUT2D eigenvalue weighted by atomic mass is 10.2. The van der Waals surface area contributed by atoms with Crippen molar-refractivity contribution in [2.24, 2.45) is 0 Å². The van der Waals surface area contributed by atoms with Crippen molar-refractivity contribution in [3.05, 3.63) is 42.0 Å². The Morgan fingerprint density at radius 3 is 2.53 bits per heavy atom. The zero-order chi connectivity index (χ0) is 11.1. The van der Waals surface area contributed by atoms with Crippen LogP contribution in [0.4, 0.5) is 0 Å². The van der Waals surface area contributed by atoms with Crippen LogP contribution < -0.4 is 0 Å². The Hall–Kier alpha value is -0.730. The third-order valence-corrected chi connectivity index (χ3v) is 3.55. The van der Waals surface area contributed by atoms with Crippen molar-refractivity contribution >= 4 is 17.8 Å². The molecule has 0 aromatic heterocycles. The first kappa shape index (κ1) is 12.3. The van der Waals surface area contributed by atoms with E-state index in [1.54, 1.807) is 11.8 Å². The van der Waals surface area contributed by atoms with E-state index < -0.39 is 0 Å². The van der Waals surface area contributed by atoms with Crippen LogP contribution in [0.15, 0.2) is 36.4 Å². The Bertz CT molecular complexity index is 293. The number of aliphatic hydroxyl groups is 1. The Labute approximate surface area is 96.2 Å². The molecule has 0 saturated heterocycles. The summed E-state index contributed by atoms with van der Waals surface area (Å²) >= 11 is 1.77. The third-order valence-electron chi connectivity index (χ3n) is 2.24. The predicted molar refractivity (Wildman–Crippen MR) is 69.1 cm³/mol. The molecule has 0 saturated carbocycles. The van der Waals surface area contributed by atoms with Gasteiger partial charge in [-0.3, -0.25) is 0 Å². The highest BCUT2D eigenvalue weighted by Crippen LogP contribution is 2.14. The van der Waals surface area contributed by atoms with Crippen LogP contribution in [0.2, 0.25) is 0 Å². The van der Waals surface area contributed by atoms with Gasteiger partial charge in [-0.05, 0) is 12.5 Å². The molecule has 1 aromatic carbocycles. The minimum Gasteiger partial charge on any atom is -0.392 e. The first-order valence-corrected chi connectivity index (χ1v) is 6.26. The maximum atomic E-state index is 9.29. The molecule has 0 aliphatic heterocycles. The van der Waals surface area contributed by atoms with Gasteiger partial charge < -0.3 is 5.11 Å². The second-order valence-electron chi connectivity index (χ2n) is 3.59. The maximum absolute atomic E-state index is 9.29. The number of rotatable bonds is 5. The van der Waals surface area contributed by atoms with Crippen LogP contribution in [0.25, 0.3) is 6.08 Å². The predicted octanol–water partition coefficient (Wildman–Crippen LogP) is 3.20. The second-order valence-corrected chi connectivity index (χ2v) is 5.00. The molecule has 0 spiro atoms. The normalized spacial score (nSPS) is 15.4. The summed E-state index contributed by atoms with van der Waals surface area (Å²) in [6, 6.07) is 10.2. The van der Waals surface area contributed by atoms with Crippen LogP contribution >= 0.6 is 11.8 Å². The van der Waals surface area contributed by atoms with Gasteiger partial charge >= 0.3 is 0 Å². The average Bonchev–Trinajstić information content (AvgIpc) is 2.25. The van der Waals surface area contributed by atoms with Gasteiger partial charge in [0.25, 0.3) is 0 Å². The van der Waals surface area contributed by atoms with Crippen molar-refractivity contribution in [3.8, 4) is 0 Å². The van der Waals surface area contributed by atoms with E-state index >= 15 is 0 Å². The summed E-state index contributed by atoms with van der Waals surface area (Å²) in [6.07, 6.45) is 4.01. The fraction of sp³-hybridized carbons (Fsp3) is 0.385. The van der Waals surface area contributed by atoms with Crippen LogP contribution in [-0.4, -0.2) is 22.2 Å². The Morgan fingerprint density at radius 2 is 1.93 bits per heavy atom. The van der Waals surface area contributed by atoms with E-state index in [2.05, 4.69) is 24.3 Å². The van der Waals surface area contributed by atoms with Crippen molar-refractivity contribution < 1.29 is 5.11 Å². The summed E-state index contributed by atoms with van der Waals surface area (Å²) in [6.45, 7) is 3.88. The molecule has 0 aliphatic rings. The summed E-state index contributed by atoms with van der Waals surface area (Å²) in [4.78, 5) is 0. The van der Waals surface area contributed by atoms with Crippen LogP contribution in [0.1, 0.15) is 19.4 Å². The van der Waals surface area contributed by atoms with E-state index in [0.29, 0.717) is 5.25 Å². The van der Waals surface area contributed by atoms with Crippen LogP contribution in [0.5, 0.6) is 0 Å². The molecule has 0 aliphatic carbocycles. The summed E-state index contributed by atoms with van der Waals surface area (Å²) in [5.41, 5.74) is 1.22. The monoisotopic (exact) mass is 222 g/mol. The average molecular weight is 222 g/mol. The first-order valence-electron chi connectivity index (χ1n) is 5.21. The maximum Gasteiger partial charge on any atom is 0.0628 e. The number of aliphatic hydroxyl groups excluding tert-OH is 1. The van der Waals surface area contributed by atoms with Crippen LogP contribution in [0, 0.1) is 0 Å². The smallest absolute Gasteiger partial charge is 0.0628 e. The van der Waals surface area contributed by atoms with E-state index in [0.717, 1.165) is 5.75 Å². The lowest BCUT2D eigenvalue weighted by molar-refractivity contribution is 0.196. The summed E-state index contributed by atoms with van der Waals surface area (Å²) in [7, 11) is 0. The molecule has 0 bridgehead atoms. The molecule has 2 heteroatoms. The molecule has 0 radical (unpaired) electrons. The first-order chi connectivity index (χ1) is 7.20. The highest BCUT2D eigenvalue weighted by atomic mass is 32.2. The summed E-state index contributed by atoms with van der Waals surface area (Å²) < 4.78 is 0. The highest BCUT2D eigenvalue weighted by molar-refractivity contribution is 8.00.